The van der Waals surface area contributed by atoms with Crippen molar-refractivity contribution >= 4 is 5.97 Å². The van der Waals surface area contributed by atoms with Gasteiger partial charge in [-0.15, -0.1) is 0 Å². The van der Waals surface area contributed by atoms with Gasteiger partial charge in [-0.3, -0.25) is 0 Å². The standard InChI is InChI=1S/C16H18N2O2/c1-2-11-6-5-7-12(10-11)18-14-9-4-3-8-13(14)15(17-18)16(19)20/h5-7,10H,2-4,8-9H2,1H3,(H,19,20). The largest absolute Gasteiger partial charge is 0.476 e. The smallest absolute Gasteiger partial charge is 0.356 e. The van der Waals surface area contributed by atoms with Crippen LogP contribution in [0.3, 0.4) is 0 Å². The predicted octanol–water partition coefficient (Wildman–Crippen LogP) is 3.01. The maximum atomic E-state index is 11.4. The first-order valence-corrected chi connectivity index (χ1v) is 7.14. The molecule has 0 radical (unpaired) electrons. The Morgan fingerprint density at radius 2 is 2.15 bits per heavy atom. The molecule has 0 unspecified atom stereocenters. The lowest BCUT2D eigenvalue weighted by atomic mass is 9.95. The second-order valence-corrected chi connectivity index (χ2v) is 5.22. The number of carboxylic acid groups (broad SMARTS) is 1. The molecule has 20 heavy (non-hydrogen) atoms. The minimum Gasteiger partial charge on any atom is -0.476 e. The van der Waals surface area contributed by atoms with Crippen LogP contribution in [0.15, 0.2) is 24.3 Å². The number of aryl methyl sites for hydroxylation is 1. The first kappa shape index (κ1) is 12.9. The molecule has 1 aromatic heterocycles. The molecule has 4 heteroatoms. The van der Waals surface area contributed by atoms with Crippen LogP contribution in [0.5, 0.6) is 0 Å². The summed E-state index contributed by atoms with van der Waals surface area (Å²) in [4.78, 5) is 11.4. The molecule has 0 fully saturated rings. The topological polar surface area (TPSA) is 55.1 Å². The van der Waals surface area contributed by atoms with E-state index in [2.05, 4.69) is 24.2 Å². The molecule has 1 aliphatic rings. The molecular weight excluding hydrogens is 252 g/mol. The molecule has 1 aliphatic carbocycles. The van der Waals surface area contributed by atoms with Crippen LogP contribution in [0.1, 0.15) is 47.1 Å². The van der Waals surface area contributed by atoms with Crippen molar-refractivity contribution in [2.24, 2.45) is 0 Å². The molecule has 3 rings (SSSR count). The highest BCUT2D eigenvalue weighted by Crippen LogP contribution is 2.27. The van der Waals surface area contributed by atoms with Gasteiger partial charge in [-0.1, -0.05) is 19.1 Å². The maximum absolute atomic E-state index is 11.4. The number of rotatable bonds is 3. The van der Waals surface area contributed by atoms with Gasteiger partial charge in [-0.05, 0) is 49.8 Å². The van der Waals surface area contributed by atoms with E-state index < -0.39 is 5.97 Å². The first-order chi connectivity index (χ1) is 9.70. The highest BCUT2D eigenvalue weighted by Gasteiger charge is 2.25. The fourth-order valence-electron chi connectivity index (χ4n) is 2.89. The van der Waals surface area contributed by atoms with E-state index in [1.165, 1.54) is 5.56 Å². The van der Waals surface area contributed by atoms with E-state index in [0.717, 1.165) is 49.0 Å². The Hall–Kier alpha value is -2.10. The van der Waals surface area contributed by atoms with Crippen LogP contribution >= 0.6 is 0 Å². The molecule has 0 aliphatic heterocycles. The number of hydrogen-bond donors (Lipinski definition) is 1. The van der Waals surface area contributed by atoms with Gasteiger partial charge in [0.05, 0.1) is 5.69 Å². The zero-order chi connectivity index (χ0) is 14.1. The molecule has 0 atom stereocenters. The SMILES string of the molecule is CCc1cccc(-n2nc(C(=O)O)c3c2CCCC3)c1. The molecular formula is C16H18N2O2. The van der Waals surface area contributed by atoms with Gasteiger partial charge in [0.15, 0.2) is 5.69 Å². The van der Waals surface area contributed by atoms with Crippen LogP contribution < -0.4 is 0 Å². The molecule has 2 aromatic rings. The van der Waals surface area contributed by atoms with Gasteiger partial charge in [0.25, 0.3) is 0 Å². The second-order valence-electron chi connectivity index (χ2n) is 5.22. The van der Waals surface area contributed by atoms with Crippen LogP contribution in [-0.4, -0.2) is 20.9 Å². The average molecular weight is 270 g/mol. The number of carbonyl (C=O) groups is 1. The Morgan fingerprint density at radius 3 is 2.90 bits per heavy atom. The van der Waals surface area contributed by atoms with Gasteiger partial charge in [-0.25, -0.2) is 9.48 Å². The zero-order valence-electron chi connectivity index (χ0n) is 11.6. The van der Waals surface area contributed by atoms with E-state index in [1.54, 1.807) is 0 Å². The lowest BCUT2D eigenvalue weighted by Gasteiger charge is -2.14. The van der Waals surface area contributed by atoms with E-state index in [0.29, 0.717) is 0 Å². The number of fused-ring (bicyclic) bond motifs is 1. The van der Waals surface area contributed by atoms with Gasteiger partial charge in [0.2, 0.25) is 0 Å². The van der Waals surface area contributed by atoms with E-state index >= 15 is 0 Å². The Morgan fingerprint density at radius 1 is 1.35 bits per heavy atom. The highest BCUT2D eigenvalue weighted by molar-refractivity contribution is 5.87. The first-order valence-electron chi connectivity index (χ1n) is 7.14. The molecule has 1 N–H and O–H groups in total. The van der Waals surface area contributed by atoms with Crippen molar-refractivity contribution in [3.8, 4) is 5.69 Å². The molecule has 0 amide bonds. The van der Waals surface area contributed by atoms with Crippen molar-refractivity contribution in [3.05, 3.63) is 46.8 Å². The van der Waals surface area contributed by atoms with Crippen molar-refractivity contribution in [1.82, 2.24) is 9.78 Å². The van der Waals surface area contributed by atoms with Crippen LogP contribution in [0, 0.1) is 0 Å². The van der Waals surface area contributed by atoms with Crippen molar-refractivity contribution in [1.29, 1.82) is 0 Å². The van der Waals surface area contributed by atoms with Crippen LogP contribution in [-0.2, 0) is 19.3 Å². The number of benzene rings is 1. The molecule has 0 saturated heterocycles. The second kappa shape index (κ2) is 5.12. The molecule has 104 valence electrons. The summed E-state index contributed by atoms with van der Waals surface area (Å²) < 4.78 is 1.83. The van der Waals surface area contributed by atoms with Crippen molar-refractivity contribution in [3.63, 3.8) is 0 Å². The Bertz CT molecular complexity index is 658. The zero-order valence-corrected chi connectivity index (χ0v) is 11.6. The summed E-state index contributed by atoms with van der Waals surface area (Å²) in [6.45, 7) is 2.11. The van der Waals surface area contributed by atoms with Crippen molar-refractivity contribution in [2.75, 3.05) is 0 Å². The summed E-state index contributed by atoms with van der Waals surface area (Å²) in [5, 5.41) is 13.7. The summed E-state index contributed by atoms with van der Waals surface area (Å²) in [5.74, 6) is -0.923. The third-order valence-corrected chi connectivity index (χ3v) is 3.95. The number of aromatic carboxylic acids is 1. The minimum absolute atomic E-state index is 0.224. The van der Waals surface area contributed by atoms with E-state index in [1.807, 2.05) is 16.8 Å². The van der Waals surface area contributed by atoms with Gasteiger partial charge >= 0.3 is 5.97 Å². The normalized spacial score (nSPS) is 14.1. The summed E-state index contributed by atoms with van der Waals surface area (Å²) in [7, 11) is 0. The lowest BCUT2D eigenvalue weighted by molar-refractivity contribution is 0.0688. The molecule has 1 heterocycles. The van der Waals surface area contributed by atoms with E-state index in [-0.39, 0.29) is 5.69 Å². The third-order valence-electron chi connectivity index (χ3n) is 3.95. The summed E-state index contributed by atoms with van der Waals surface area (Å²) in [6.07, 6.45) is 4.85. The number of hydrogen-bond acceptors (Lipinski definition) is 2. The molecule has 0 bridgehead atoms. The van der Waals surface area contributed by atoms with Crippen molar-refractivity contribution < 1.29 is 9.90 Å². The lowest BCUT2D eigenvalue weighted by Crippen LogP contribution is -2.08. The molecule has 1 aromatic carbocycles. The van der Waals surface area contributed by atoms with Crippen molar-refractivity contribution in [2.45, 2.75) is 39.0 Å². The fraction of sp³-hybridized carbons (Fsp3) is 0.375. The maximum Gasteiger partial charge on any atom is 0.356 e. The highest BCUT2D eigenvalue weighted by atomic mass is 16.4. The van der Waals surface area contributed by atoms with Crippen LogP contribution in [0.4, 0.5) is 0 Å². The number of aromatic nitrogens is 2. The Kier molecular flexibility index (Phi) is 3.30. The summed E-state index contributed by atoms with van der Waals surface area (Å²) >= 11 is 0. The number of carboxylic acids is 1. The molecule has 0 spiro atoms. The van der Waals surface area contributed by atoms with Crippen LogP contribution in [0.25, 0.3) is 5.69 Å². The Labute approximate surface area is 118 Å². The molecule has 4 nitrogen and oxygen atoms in total. The van der Waals surface area contributed by atoms with Gasteiger partial charge in [0, 0.05) is 11.3 Å². The predicted molar refractivity (Wildman–Crippen MR) is 76.5 cm³/mol. The monoisotopic (exact) mass is 270 g/mol. The minimum atomic E-state index is -0.923. The molecule has 0 saturated carbocycles. The summed E-state index contributed by atoms with van der Waals surface area (Å²) in [6, 6.07) is 8.17. The number of nitrogens with zero attached hydrogens (tertiary/aromatic N) is 2. The van der Waals surface area contributed by atoms with Gasteiger partial charge < -0.3 is 5.11 Å². The van der Waals surface area contributed by atoms with Gasteiger partial charge in [0.1, 0.15) is 0 Å². The van der Waals surface area contributed by atoms with E-state index in [4.69, 9.17) is 0 Å². The average Bonchev–Trinajstić information content (AvgIpc) is 2.87. The Balaban J connectivity index is 2.15. The van der Waals surface area contributed by atoms with Crippen LogP contribution in [0.2, 0.25) is 0 Å². The quantitative estimate of drug-likeness (QED) is 0.932. The summed E-state index contributed by atoms with van der Waals surface area (Å²) in [5.41, 5.74) is 4.42. The fourth-order valence-corrected chi connectivity index (χ4v) is 2.89. The van der Waals surface area contributed by atoms with Gasteiger partial charge in [-0.2, -0.15) is 5.10 Å². The third kappa shape index (κ3) is 2.11. The van der Waals surface area contributed by atoms with E-state index in [9.17, 15) is 9.90 Å².